The number of hydrogen-bond acceptors (Lipinski definition) is 1. The first-order chi connectivity index (χ1) is 9.77. The zero-order valence-electron chi connectivity index (χ0n) is 13.6. The van der Waals surface area contributed by atoms with E-state index in [0.29, 0.717) is 6.04 Å². The third-order valence-corrected chi connectivity index (χ3v) is 4.66. The van der Waals surface area contributed by atoms with Crippen molar-refractivity contribution in [1.82, 2.24) is 10.2 Å². The van der Waals surface area contributed by atoms with E-state index < -0.39 is 0 Å². The smallest absolute Gasteiger partial charge is 0.169 e. The molecule has 0 heterocycles. The van der Waals surface area contributed by atoms with Gasteiger partial charge in [-0.3, -0.25) is 0 Å². The van der Waals surface area contributed by atoms with Gasteiger partial charge in [0.25, 0.3) is 0 Å². The van der Waals surface area contributed by atoms with Gasteiger partial charge in [0.1, 0.15) is 0 Å². The van der Waals surface area contributed by atoms with Gasteiger partial charge in [0.2, 0.25) is 0 Å². The molecule has 1 fully saturated rings. The third-order valence-electron chi connectivity index (χ3n) is 4.28. The largest absolute Gasteiger partial charge is 0.360 e. The van der Waals surface area contributed by atoms with E-state index in [-0.39, 0.29) is 0 Å². The van der Waals surface area contributed by atoms with Crippen LogP contribution >= 0.6 is 12.2 Å². The van der Waals surface area contributed by atoms with E-state index in [4.69, 9.17) is 12.2 Å². The summed E-state index contributed by atoms with van der Waals surface area (Å²) >= 11 is 5.67. The highest BCUT2D eigenvalue weighted by molar-refractivity contribution is 7.80. The van der Waals surface area contributed by atoms with Crippen molar-refractivity contribution in [3.63, 3.8) is 0 Å². The zero-order chi connectivity index (χ0) is 14.6. The molecule has 0 atom stereocenters. The van der Waals surface area contributed by atoms with Crippen molar-refractivity contribution in [2.24, 2.45) is 0 Å². The SMILES string of the molecule is CCCCCN(CCCCC)C(=S)NC1CCCCC1. The minimum atomic E-state index is 0.635. The van der Waals surface area contributed by atoms with Crippen LogP contribution < -0.4 is 5.32 Å². The predicted molar refractivity (Wildman–Crippen MR) is 93.2 cm³/mol. The van der Waals surface area contributed by atoms with E-state index in [1.54, 1.807) is 0 Å². The molecule has 1 rings (SSSR count). The van der Waals surface area contributed by atoms with E-state index in [1.165, 1.54) is 70.6 Å². The Balaban J connectivity index is 2.35. The van der Waals surface area contributed by atoms with Crippen LogP contribution in [0, 0.1) is 0 Å². The zero-order valence-corrected chi connectivity index (χ0v) is 14.4. The standard InChI is InChI=1S/C17H34N2S/c1-3-5-10-14-19(15-11-6-4-2)17(20)18-16-12-8-7-9-13-16/h16H,3-15H2,1-2H3,(H,18,20). The van der Waals surface area contributed by atoms with Crippen molar-refractivity contribution >= 4 is 17.3 Å². The molecule has 1 aliphatic rings. The maximum absolute atomic E-state index is 5.67. The highest BCUT2D eigenvalue weighted by Crippen LogP contribution is 2.17. The van der Waals surface area contributed by atoms with E-state index in [2.05, 4.69) is 24.1 Å². The summed E-state index contributed by atoms with van der Waals surface area (Å²) in [5.41, 5.74) is 0. The molecule has 1 aliphatic carbocycles. The second-order valence-electron chi connectivity index (χ2n) is 6.19. The van der Waals surface area contributed by atoms with Crippen LogP contribution in [0.15, 0.2) is 0 Å². The molecule has 3 heteroatoms. The van der Waals surface area contributed by atoms with Crippen LogP contribution in [0.4, 0.5) is 0 Å². The fourth-order valence-corrected chi connectivity index (χ4v) is 3.28. The molecule has 0 saturated heterocycles. The lowest BCUT2D eigenvalue weighted by molar-refractivity contribution is 0.358. The highest BCUT2D eigenvalue weighted by atomic mass is 32.1. The maximum atomic E-state index is 5.67. The topological polar surface area (TPSA) is 15.3 Å². The molecule has 0 aromatic rings. The Labute approximate surface area is 131 Å². The summed E-state index contributed by atoms with van der Waals surface area (Å²) in [4.78, 5) is 2.43. The van der Waals surface area contributed by atoms with Crippen molar-refractivity contribution in [2.45, 2.75) is 90.5 Å². The quantitative estimate of drug-likeness (QED) is 0.482. The first kappa shape index (κ1) is 17.7. The van der Waals surface area contributed by atoms with Crippen molar-refractivity contribution in [3.8, 4) is 0 Å². The molecule has 0 aromatic heterocycles. The highest BCUT2D eigenvalue weighted by Gasteiger charge is 2.16. The molecule has 0 aliphatic heterocycles. The van der Waals surface area contributed by atoms with E-state index in [1.807, 2.05) is 0 Å². The van der Waals surface area contributed by atoms with E-state index >= 15 is 0 Å². The Morgan fingerprint density at radius 1 is 0.950 bits per heavy atom. The summed E-state index contributed by atoms with van der Waals surface area (Å²) in [6, 6.07) is 0.635. The Bertz CT molecular complexity index is 239. The van der Waals surface area contributed by atoms with Gasteiger partial charge < -0.3 is 10.2 Å². The molecule has 0 amide bonds. The lowest BCUT2D eigenvalue weighted by Gasteiger charge is -2.31. The minimum absolute atomic E-state index is 0.635. The maximum Gasteiger partial charge on any atom is 0.169 e. The van der Waals surface area contributed by atoms with Crippen LogP contribution in [-0.4, -0.2) is 29.1 Å². The van der Waals surface area contributed by atoms with Gasteiger partial charge in [-0.2, -0.15) is 0 Å². The minimum Gasteiger partial charge on any atom is -0.360 e. The molecule has 0 aromatic carbocycles. The number of nitrogens with one attached hydrogen (secondary N) is 1. The molecule has 0 bridgehead atoms. The van der Waals surface area contributed by atoms with Gasteiger partial charge in [-0.25, -0.2) is 0 Å². The summed E-state index contributed by atoms with van der Waals surface area (Å²) in [7, 11) is 0. The molecule has 2 nitrogen and oxygen atoms in total. The van der Waals surface area contributed by atoms with Crippen molar-refractivity contribution in [2.75, 3.05) is 13.1 Å². The summed E-state index contributed by atoms with van der Waals surface area (Å²) < 4.78 is 0. The Morgan fingerprint density at radius 2 is 1.50 bits per heavy atom. The number of hydrogen-bond donors (Lipinski definition) is 1. The predicted octanol–water partition coefficient (Wildman–Crippen LogP) is 4.88. The summed E-state index contributed by atoms with van der Waals surface area (Å²) in [6.45, 7) is 6.80. The molecular formula is C17H34N2S. The van der Waals surface area contributed by atoms with Gasteiger partial charge in [0.05, 0.1) is 0 Å². The number of unbranched alkanes of at least 4 members (excludes halogenated alkanes) is 4. The average Bonchev–Trinajstić information content (AvgIpc) is 2.47. The van der Waals surface area contributed by atoms with E-state index in [0.717, 1.165) is 18.2 Å². The van der Waals surface area contributed by atoms with Crippen LogP contribution in [-0.2, 0) is 0 Å². The molecule has 20 heavy (non-hydrogen) atoms. The summed E-state index contributed by atoms with van der Waals surface area (Å²) in [6.07, 6.45) is 14.5. The summed E-state index contributed by atoms with van der Waals surface area (Å²) in [5.74, 6) is 0. The first-order valence-corrected chi connectivity index (χ1v) is 9.24. The van der Waals surface area contributed by atoms with Gasteiger partial charge in [-0.15, -0.1) is 0 Å². The molecule has 0 unspecified atom stereocenters. The van der Waals surface area contributed by atoms with Crippen LogP contribution in [0.5, 0.6) is 0 Å². The molecular weight excluding hydrogens is 264 g/mol. The van der Waals surface area contributed by atoms with Crippen molar-refractivity contribution in [1.29, 1.82) is 0 Å². The molecule has 0 radical (unpaired) electrons. The second-order valence-corrected chi connectivity index (χ2v) is 6.57. The van der Waals surface area contributed by atoms with Gasteiger partial charge >= 0.3 is 0 Å². The average molecular weight is 299 g/mol. The molecule has 118 valence electrons. The Kier molecular flexibility index (Phi) is 10.1. The third kappa shape index (κ3) is 7.47. The van der Waals surface area contributed by atoms with Crippen molar-refractivity contribution in [3.05, 3.63) is 0 Å². The normalized spacial score (nSPS) is 16.1. The fraction of sp³-hybridized carbons (Fsp3) is 0.941. The first-order valence-electron chi connectivity index (χ1n) is 8.83. The van der Waals surface area contributed by atoms with Crippen molar-refractivity contribution < 1.29 is 0 Å². The lowest BCUT2D eigenvalue weighted by Crippen LogP contribution is -2.46. The van der Waals surface area contributed by atoms with Crippen LogP contribution in [0.25, 0.3) is 0 Å². The number of thiocarbonyl (C=S) groups is 1. The van der Waals surface area contributed by atoms with E-state index in [9.17, 15) is 0 Å². The fourth-order valence-electron chi connectivity index (χ4n) is 2.93. The van der Waals surface area contributed by atoms with Gasteiger partial charge in [0.15, 0.2) is 5.11 Å². The lowest BCUT2D eigenvalue weighted by atomic mass is 9.96. The number of nitrogens with zero attached hydrogens (tertiary/aromatic N) is 1. The Hall–Kier alpha value is -0.310. The molecule has 1 saturated carbocycles. The number of rotatable bonds is 9. The van der Waals surface area contributed by atoms with Gasteiger partial charge in [-0.1, -0.05) is 58.8 Å². The molecule has 0 spiro atoms. The Morgan fingerprint density at radius 3 is 2.00 bits per heavy atom. The van der Waals surface area contributed by atoms with Crippen LogP contribution in [0.3, 0.4) is 0 Å². The monoisotopic (exact) mass is 298 g/mol. The summed E-state index contributed by atoms with van der Waals surface area (Å²) in [5, 5.41) is 4.65. The van der Waals surface area contributed by atoms with Gasteiger partial charge in [-0.05, 0) is 37.9 Å². The van der Waals surface area contributed by atoms with Gasteiger partial charge in [0, 0.05) is 19.1 Å². The van der Waals surface area contributed by atoms with Crippen LogP contribution in [0.2, 0.25) is 0 Å². The van der Waals surface area contributed by atoms with Crippen LogP contribution in [0.1, 0.15) is 84.5 Å². The molecule has 1 N–H and O–H groups in total. The second kappa shape index (κ2) is 11.4.